The summed E-state index contributed by atoms with van der Waals surface area (Å²) in [5.74, 6) is 0.622. The fourth-order valence-corrected chi connectivity index (χ4v) is 2.41. The number of nitrogens with two attached hydrogens (primary N) is 1. The topological polar surface area (TPSA) is 59.6 Å². The summed E-state index contributed by atoms with van der Waals surface area (Å²) >= 11 is 0. The highest BCUT2D eigenvalue weighted by molar-refractivity contribution is 5.78. The van der Waals surface area contributed by atoms with Crippen molar-refractivity contribution in [2.24, 2.45) is 10.7 Å². The average Bonchev–Trinajstić information content (AvgIpc) is 2.62. The van der Waals surface area contributed by atoms with Crippen LogP contribution in [0.3, 0.4) is 0 Å². The fraction of sp³-hybridized carbons (Fsp3) is 0.933. The van der Waals surface area contributed by atoms with E-state index in [-0.39, 0.29) is 0 Å². The van der Waals surface area contributed by atoms with Crippen LogP contribution in [0.25, 0.3) is 0 Å². The van der Waals surface area contributed by atoms with Crippen LogP contribution in [0.15, 0.2) is 4.99 Å². The van der Waals surface area contributed by atoms with Crippen molar-refractivity contribution in [3.8, 4) is 0 Å². The van der Waals surface area contributed by atoms with Crippen molar-refractivity contribution < 1.29 is 4.74 Å². The molecule has 4 nitrogen and oxygen atoms in total. The predicted octanol–water partition coefficient (Wildman–Crippen LogP) is 2.82. The highest BCUT2D eigenvalue weighted by Crippen LogP contribution is 2.16. The van der Waals surface area contributed by atoms with Crippen LogP contribution >= 0.6 is 0 Å². The summed E-state index contributed by atoms with van der Waals surface area (Å²) in [6.07, 6.45) is 10.3. The van der Waals surface area contributed by atoms with Gasteiger partial charge >= 0.3 is 0 Å². The molecule has 19 heavy (non-hydrogen) atoms. The van der Waals surface area contributed by atoms with Gasteiger partial charge in [-0.2, -0.15) is 0 Å². The van der Waals surface area contributed by atoms with Gasteiger partial charge in [0.1, 0.15) is 0 Å². The zero-order valence-corrected chi connectivity index (χ0v) is 12.7. The molecule has 1 rings (SSSR count). The number of guanidine groups is 1. The number of hydrogen-bond donors (Lipinski definition) is 2. The molecule has 0 spiro atoms. The van der Waals surface area contributed by atoms with E-state index in [1.54, 1.807) is 0 Å². The Kier molecular flexibility index (Phi) is 8.63. The lowest BCUT2D eigenvalue weighted by atomic mass is 10.1. The predicted molar refractivity (Wildman–Crippen MR) is 81.4 cm³/mol. The van der Waals surface area contributed by atoms with Crippen molar-refractivity contribution in [2.75, 3.05) is 13.2 Å². The first-order valence-corrected chi connectivity index (χ1v) is 7.86. The first-order valence-electron chi connectivity index (χ1n) is 7.86. The van der Waals surface area contributed by atoms with Gasteiger partial charge in [0, 0.05) is 19.2 Å². The summed E-state index contributed by atoms with van der Waals surface area (Å²) in [4.78, 5) is 4.39. The third-order valence-electron chi connectivity index (χ3n) is 3.49. The molecule has 112 valence electrons. The lowest BCUT2D eigenvalue weighted by Crippen LogP contribution is -2.39. The Balaban J connectivity index is 2.07. The molecular formula is C15H31N3O. The molecule has 1 aliphatic carbocycles. The third-order valence-corrected chi connectivity index (χ3v) is 3.49. The summed E-state index contributed by atoms with van der Waals surface area (Å²) < 4.78 is 5.49. The van der Waals surface area contributed by atoms with Crippen LogP contribution < -0.4 is 11.1 Å². The van der Waals surface area contributed by atoms with Crippen molar-refractivity contribution in [1.82, 2.24) is 5.32 Å². The number of unbranched alkanes of at least 4 members (excludes halogenated alkanes) is 1. The van der Waals surface area contributed by atoms with E-state index in [2.05, 4.69) is 24.2 Å². The number of aliphatic imine (C=N–C) groups is 1. The average molecular weight is 269 g/mol. The maximum Gasteiger partial charge on any atom is 0.188 e. The van der Waals surface area contributed by atoms with Gasteiger partial charge in [-0.05, 0) is 39.5 Å². The van der Waals surface area contributed by atoms with Crippen molar-refractivity contribution in [3.05, 3.63) is 0 Å². The molecule has 1 aliphatic rings. The number of nitrogens with one attached hydrogen (secondary N) is 1. The molecule has 0 aliphatic heterocycles. The van der Waals surface area contributed by atoms with Gasteiger partial charge in [0.05, 0.1) is 6.10 Å². The van der Waals surface area contributed by atoms with Crippen molar-refractivity contribution >= 4 is 5.96 Å². The normalized spacial score (nSPS) is 18.6. The molecule has 1 saturated carbocycles. The quantitative estimate of drug-likeness (QED) is 0.323. The van der Waals surface area contributed by atoms with Crippen LogP contribution in [-0.4, -0.2) is 31.3 Å². The SMILES string of the molecule is CC(C)OCCCCN=C(N)NC1CCCCCC1. The number of hydrogen-bond acceptors (Lipinski definition) is 2. The Morgan fingerprint density at radius 3 is 2.53 bits per heavy atom. The first kappa shape index (κ1) is 16.3. The van der Waals surface area contributed by atoms with Gasteiger partial charge in [-0.15, -0.1) is 0 Å². The second-order valence-electron chi connectivity index (χ2n) is 5.73. The van der Waals surface area contributed by atoms with Gasteiger partial charge in [-0.25, -0.2) is 0 Å². The highest BCUT2D eigenvalue weighted by atomic mass is 16.5. The summed E-state index contributed by atoms with van der Waals surface area (Å²) in [7, 11) is 0. The van der Waals surface area contributed by atoms with Gasteiger partial charge in [-0.1, -0.05) is 25.7 Å². The van der Waals surface area contributed by atoms with Gasteiger partial charge in [0.2, 0.25) is 0 Å². The monoisotopic (exact) mass is 269 g/mol. The molecule has 0 atom stereocenters. The Hall–Kier alpha value is -0.770. The number of ether oxygens (including phenoxy) is 1. The highest BCUT2D eigenvalue weighted by Gasteiger charge is 2.11. The molecule has 0 aromatic heterocycles. The number of nitrogens with zero attached hydrogens (tertiary/aromatic N) is 1. The number of rotatable bonds is 7. The second kappa shape index (κ2) is 10.1. The fourth-order valence-electron chi connectivity index (χ4n) is 2.41. The minimum atomic E-state index is 0.325. The van der Waals surface area contributed by atoms with Crippen molar-refractivity contribution in [1.29, 1.82) is 0 Å². The largest absolute Gasteiger partial charge is 0.379 e. The molecule has 0 aromatic rings. The lowest BCUT2D eigenvalue weighted by molar-refractivity contribution is 0.0764. The van der Waals surface area contributed by atoms with Gasteiger partial charge < -0.3 is 15.8 Å². The lowest BCUT2D eigenvalue weighted by Gasteiger charge is -2.16. The van der Waals surface area contributed by atoms with E-state index in [9.17, 15) is 0 Å². The molecule has 0 heterocycles. The van der Waals surface area contributed by atoms with Crippen molar-refractivity contribution in [3.63, 3.8) is 0 Å². The van der Waals surface area contributed by atoms with E-state index in [1.807, 2.05) is 0 Å². The molecule has 4 heteroatoms. The smallest absolute Gasteiger partial charge is 0.188 e. The molecule has 0 amide bonds. The molecule has 1 fully saturated rings. The minimum absolute atomic E-state index is 0.325. The third kappa shape index (κ3) is 8.87. The van der Waals surface area contributed by atoms with Crippen LogP contribution in [0.5, 0.6) is 0 Å². The van der Waals surface area contributed by atoms with E-state index in [4.69, 9.17) is 10.5 Å². The van der Waals surface area contributed by atoms with Crippen LogP contribution in [0.2, 0.25) is 0 Å². The van der Waals surface area contributed by atoms with Crippen LogP contribution in [-0.2, 0) is 4.74 Å². The van der Waals surface area contributed by atoms with E-state index >= 15 is 0 Å². The van der Waals surface area contributed by atoms with Gasteiger partial charge in [0.25, 0.3) is 0 Å². The Morgan fingerprint density at radius 2 is 1.89 bits per heavy atom. The standard InChI is InChI=1S/C15H31N3O/c1-13(2)19-12-8-7-11-17-15(16)18-14-9-5-3-4-6-10-14/h13-14H,3-12H2,1-2H3,(H3,16,17,18). The van der Waals surface area contributed by atoms with Crippen LogP contribution in [0, 0.1) is 0 Å². The van der Waals surface area contributed by atoms with Crippen molar-refractivity contribution in [2.45, 2.75) is 77.4 Å². The van der Waals surface area contributed by atoms with Gasteiger partial charge in [-0.3, -0.25) is 4.99 Å². The van der Waals surface area contributed by atoms with Crippen LogP contribution in [0.4, 0.5) is 0 Å². The van der Waals surface area contributed by atoms with E-state index < -0.39 is 0 Å². The summed E-state index contributed by atoms with van der Waals surface area (Å²) in [6.45, 7) is 5.75. The summed E-state index contributed by atoms with van der Waals surface area (Å²) in [6, 6.07) is 0.538. The molecule has 0 saturated heterocycles. The van der Waals surface area contributed by atoms with E-state index in [1.165, 1.54) is 38.5 Å². The summed E-state index contributed by atoms with van der Waals surface area (Å²) in [5, 5.41) is 3.36. The molecule has 0 aromatic carbocycles. The Labute approximate surface area is 118 Å². The zero-order valence-electron chi connectivity index (χ0n) is 12.7. The molecular weight excluding hydrogens is 238 g/mol. The minimum Gasteiger partial charge on any atom is -0.379 e. The maximum absolute atomic E-state index is 5.93. The molecule has 0 radical (unpaired) electrons. The Morgan fingerprint density at radius 1 is 1.21 bits per heavy atom. The van der Waals surface area contributed by atoms with Gasteiger partial charge in [0.15, 0.2) is 5.96 Å². The Bertz CT molecular complexity index is 246. The molecule has 0 bridgehead atoms. The molecule has 0 unspecified atom stereocenters. The maximum atomic E-state index is 5.93. The van der Waals surface area contributed by atoms with E-state index in [0.717, 1.165) is 26.0 Å². The second-order valence-corrected chi connectivity index (χ2v) is 5.73. The van der Waals surface area contributed by atoms with Crippen LogP contribution in [0.1, 0.15) is 65.2 Å². The zero-order chi connectivity index (χ0) is 13.9. The first-order chi connectivity index (χ1) is 9.18. The van der Waals surface area contributed by atoms with E-state index in [0.29, 0.717) is 18.1 Å². The summed E-state index contributed by atoms with van der Waals surface area (Å²) in [5.41, 5.74) is 5.93. The molecule has 3 N–H and O–H groups in total.